The van der Waals surface area contributed by atoms with Gasteiger partial charge in [-0.25, -0.2) is 4.98 Å². The Balaban J connectivity index is 2.10. The summed E-state index contributed by atoms with van der Waals surface area (Å²) in [5, 5.41) is 4.08. The van der Waals surface area contributed by atoms with Crippen molar-refractivity contribution in [3.63, 3.8) is 0 Å². The molecule has 3 nitrogen and oxygen atoms in total. The van der Waals surface area contributed by atoms with Gasteiger partial charge in [-0.1, -0.05) is 18.5 Å². The first-order chi connectivity index (χ1) is 10.1. The molecule has 0 unspecified atom stereocenters. The summed E-state index contributed by atoms with van der Waals surface area (Å²) >= 11 is 5.95. The fourth-order valence-corrected chi connectivity index (χ4v) is 2.29. The summed E-state index contributed by atoms with van der Waals surface area (Å²) in [5.41, 5.74) is 3.19. The summed E-state index contributed by atoms with van der Waals surface area (Å²) in [6.45, 7) is 7.99. The van der Waals surface area contributed by atoms with Crippen molar-refractivity contribution < 1.29 is 4.74 Å². The third kappa shape index (κ3) is 4.45. The van der Waals surface area contributed by atoms with Crippen molar-refractivity contribution in [1.82, 2.24) is 10.3 Å². The Kier molecular flexibility index (Phi) is 5.59. The molecule has 2 aromatic rings. The van der Waals surface area contributed by atoms with E-state index in [1.807, 2.05) is 38.2 Å². The molecule has 0 fully saturated rings. The Labute approximate surface area is 131 Å². The van der Waals surface area contributed by atoms with Gasteiger partial charge < -0.3 is 10.1 Å². The molecule has 1 heterocycles. The number of nitrogens with one attached hydrogen (secondary N) is 1. The van der Waals surface area contributed by atoms with Gasteiger partial charge in [-0.15, -0.1) is 0 Å². The number of hydrogen-bond acceptors (Lipinski definition) is 3. The molecular weight excluding hydrogens is 284 g/mol. The van der Waals surface area contributed by atoms with Crippen molar-refractivity contribution >= 4 is 11.6 Å². The molecule has 0 saturated carbocycles. The van der Waals surface area contributed by atoms with E-state index >= 15 is 0 Å². The van der Waals surface area contributed by atoms with Crippen LogP contribution in [0.1, 0.15) is 30.0 Å². The van der Waals surface area contributed by atoms with Crippen LogP contribution in [0.25, 0.3) is 0 Å². The van der Waals surface area contributed by atoms with Gasteiger partial charge in [0.2, 0.25) is 5.88 Å². The maximum absolute atomic E-state index is 5.95. The van der Waals surface area contributed by atoms with Crippen LogP contribution in [-0.2, 0) is 6.54 Å². The van der Waals surface area contributed by atoms with Gasteiger partial charge in [0, 0.05) is 23.3 Å². The third-order valence-electron chi connectivity index (χ3n) is 3.19. The number of ether oxygens (including phenoxy) is 1. The molecule has 0 bridgehead atoms. The predicted molar refractivity (Wildman–Crippen MR) is 87.2 cm³/mol. The molecule has 0 aliphatic carbocycles. The molecule has 112 valence electrons. The minimum Gasteiger partial charge on any atom is -0.438 e. The number of nitrogens with zero attached hydrogens (tertiary/aromatic N) is 1. The number of aromatic nitrogens is 1. The molecule has 4 heteroatoms. The van der Waals surface area contributed by atoms with Crippen LogP contribution in [0.15, 0.2) is 30.5 Å². The van der Waals surface area contributed by atoms with Crippen LogP contribution in [0.3, 0.4) is 0 Å². The lowest BCUT2D eigenvalue weighted by Gasteiger charge is -2.11. The molecular formula is C17H21ClN2O. The average molecular weight is 305 g/mol. The number of hydrogen-bond donors (Lipinski definition) is 1. The minimum atomic E-state index is 0.639. The van der Waals surface area contributed by atoms with Gasteiger partial charge >= 0.3 is 0 Å². The van der Waals surface area contributed by atoms with E-state index in [1.165, 1.54) is 5.56 Å². The zero-order chi connectivity index (χ0) is 15.2. The summed E-state index contributed by atoms with van der Waals surface area (Å²) in [4.78, 5) is 4.42. The van der Waals surface area contributed by atoms with E-state index in [1.54, 1.807) is 0 Å². The zero-order valence-corrected chi connectivity index (χ0v) is 13.5. The molecule has 0 saturated heterocycles. The van der Waals surface area contributed by atoms with Gasteiger partial charge in [0.1, 0.15) is 5.75 Å². The van der Waals surface area contributed by atoms with Gasteiger partial charge in [-0.3, -0.25) is 0 Å². The number of aryl methyl sites for hydroxylation is 2. The lowest BCUT2D eigenvalue weighted by molar-refractivity contribution is 0.455. The number of rotatable bonds is 6. The first-order valence-corrected chi connectivity index (χ1v) is 7.58. The van der Waals surface area contributed by atoms with Crippen LogP contribution >= 0.6 is 11.6 Å². The zero-order valence-electron chi connectivity index (χ0n) is 12.7. The van der Waals surface area contributed by atoms with Crippen LogP contribution in [0, 0.1) is 13.8 Å². The molecule has 0 amide bonds. The monoisotopic (exact) mass is 304 g/mol. The van der Waals surface area contributed by atoms with Gasteiger partial charge in [-0.2, -0.15) is 0 Å². The second-order valence-electron chi connectivity index (χ2n) is 5.15. The average Bonchev–Trinajstić information content (AvgIpc) is 2.44. The van der Waals surface area contributed by atoms with Crippen LogP contribution in [0.2, 0.25) is 5.02 Å². The summed E-state index contributed by atoms with van der Waals surface area (Å²) < 4.78 is 5.89. The van der Waals surface area contributed by atoms with Crippen LogP contribution in [-0.4, -0.2) is 11.5 Å². The molecule has 1 N–H and O–H groups in total. The minimum absolute atomic E-state index is 0.639. The summed E-state index contributed by atoms with van der Waals surface area (Å²) in [6, 6.07) is 7.68. The molecule has 0 radical (unpaired) electrons. The summed E-state index contributed by atoms with van der Waals surface area (Å²) in [6.07, 6.45) is 2.99. The molecule has 0 spiro atoms. The van der Waals surface area contributed by atoms with Crippen molar-refractivity contribution in [2.45, 2.75) is 33.7 Å². The summed E-state index contributed by atoms with van der Waals surface area (Å²) in [7, 11) is 0. The highest BCUT2D eigenvalue weighted by Gasteiger charge is 2.07. The number of benzene rings is 1. The first-order valence-electron chi connectivity index (χ1n) is 7.20. The Morgan fingerprint density at radius 2 is 2.00 bits per heavy atom. The fourth-order valence-electron chi connectivity index (χ4n) is 2.06. The van der Waals surface area contributed by atoms with Gasteiger partial charge in [0.25, 0.3) is 0 Å². The lowest BCUT2D eigenvalue weighted by Crippen LogP contribution is -2.14. The van der Waals surface area contributed by atoms with Gasteiger partial charge in [0.05, 0.1) is 0 Å². The Morgan fingerprint density at radius 1 is 1.19 bits per heavy atom. The van der Waals surface area contributed by atoms with E-state index in [0.29, 0.717) is 10.9 Å². The fraction of sp³-hybridized carbons (Fsp3) is 0.353. The quantitative estimate of drug-likeness (QED) is 0.789. The number of pyridine rings is 1. The van der Waals surface area contributed by atoms with Crippen LogP contribution in [0.5, 0.6) is 11.6 Å². The van der Waals surface area contributed by atoms with Crippen molar-refractivity contribution in [2.75, 3.05) is 6.54 Å². The van der Waals surface area contributed by atoms with Crippen molar-refractivity contribution in [2.24, 2.45) is 0 Å². The topological polar surface area (TPSA) is 34.2 Å². The van der Waals surface area contributed by atoms with E-state index in [-0.39, 0.29) is 0 Å². The van der Waals surface area contributed by atoms with Crippen LogP contribution in [0.4, 0.5) is 0 Å². The summed E-state index contributed by atoms with van der Waals surface area (Å²) in [5.74, 6) is 1.42. The third-order valence-corrected chi connectivity index (χ3v) is 3.42. The van der Waals surface area contributed by atoms with E-state index < -0.39 is 0 Å². The van der Waals surface area contributed by atoms with E-state index in [9.17, 15) is 0 Å². The van der Waals surface area contributed by atoms with E-state index in [2.05, 4.69) is 23.3 Å². The smallest absolute Gasteiger partial charge is 0.222 e. The van der Waals surface area contributed by atoms with Gasteiger partial charge in [-0.05, 0) is 62.2 Å². The molecule has 1 aromatic heterocycles. The molecule has 0 aliphatic heterocycles. The highest BCUT2D eigenvalue weighted by Crippen LogP contribution is 2.28. The Bertz CT molecular complexity index is 614. The maximum Gasteiger partial charge on any atom is 0.222 e. The second kappa shape index (κ2) is 7.43. The first kappa shape index (κ1) is 15.8. The standard InChI is InChI=1S/C17H21ClN2O/c1-4-7-19-10-14-8-13(3)17(20-11-14)21-16-6-5-15(18)9-12(16)2/h5-6,8-9,11,19H,4,7,10H2,1-3H3. The predicted octanol–water partition coefficient (Wildman–Crippen LogP) is 4.64. The highest BCUT2D eigenvalue weighted by molar-refractivity contribution is 6.30. The lowest BCUT2D eigenvalue weighted by atomic mass is 10.2. The normalized spacial score (nSPS) is 10.7. The molecule has 21 heavy (non-hydrogen) atoms. The molecule has 1 aromatic carbocycles. The van der Waals surface area contributed by atoms with E-state index in [4.69, 9.17) is 16.3 Å². The van der Waals surface area contributed by atoms with Crippen molar-refractivity contribution in [1.29, 1.82) is 0 Å². The molecule has 2 rings (SSSR count). The molecule has 0 aliphatic rings. The van der Waals surface area contributed by atoms with Gasteiger partial charge in [0.15, 0.2) is 0 Å². The highest BCUT2D eigenvalue weighted by atomic mass is 35.5. The molecule has 0 atom stereocenters. The Hall–Kier alpha value is -1.58. The van der Waals surface area contributed by atoms with E-state index in [0.717, 1.165) is 36.4 Å². The van der Waals surface area contributed by atoms with Crippen molar-refractivity contribution in [3.05, 3.63) is 52.2 Å². The number of halogens is 1. The van der Waals surface area contributed by atoms with Crippen molar-refractivity contribution in [3.8, 4) is 11.6 Å². The largest absolute Gasteiger partial charge is 0.438 e. The maximum atomic E-state index is 5.95. The SMILES string of the molecule is CCCNCc1cnc(Oc2ccc(Cl)cc2C)c(C)c1. The van der Waals surface area contributed by atoms with Crippen LogP contribution < -0.4 is 10.1 Å². The second-order valence-corrected chi connectivity index (χ2v) is 5.59. The Morgan fingerprint density at radius 3 is 2.67 bits per heavy atom.